The van der Waals surface area contributed by atoms with Crippen molar-refractivity contribution in [3.8, 4) is 17.0 Å². The molecule has 2 heterocycles. The third-order valence-electron chi connectivity index (χ3n) is 4.41. The van der Waals surface area contributed by atoms with Crippen molar-refractivity contribution in [2.24, 2.45) is 0 Å². The lowest BCUT2D eigenvalue weighted by molar-refractivity contribution is 0.0954. The van der Waals surface area contributed by atoms with Crippen LogP contribution in [0.15, 0.2) is 53.9 Å². The molecule has 152 valence electrons. The molecule has 0 aliphatic carbocycles. The number of thiazole rings is 1. The van der Waals surface area contributed by atoms with Gasteiger partial charge in [-0.1, -0.05) is 52.2 Å². The maximum absolute atomic E-state index is 12.7. The Labute approximate surface area is 181 Å². The Hall–Kier alpha value is -3.30. The Bertz CT molecular complexity index is 1140. The molecule has 0 spiro atoms. The average molecular weight is 438 g/mol. The Balaban J connectivity index is 1.40. The zero-order valence-corrected chi connectivity index (χ0v) is 18.0. The van der Waals surface area contributed by atoms with E-state index in [1.807, 2.05) is 60.8 Å². The molecule has 2 N–H and O–H groups in total. The first-order valence-electron chi connectivity index (χ1n) is 9.16. The molecule has 4 aromatic rings. The Morgan fingerprint density at radius 1 is 1.13 bits per heavy atom. The van der Waals surface area contributed by atoms with Crippen molar-refractivity contribution < 1.29 is 9.53 Å². The van der Waals surface area contributed by atoms with Gasteiger partial charge in [0.05, 0.1) is 18.5 Å². The van der Waals surface area contributed by atoms with Crippen molar-refractivity contribution in [3.05, 3.63) is 70.0 Å². The molecule has 0 bridgehead atoms. The molecule has 0 aliphatic rings. The predicted octanol–water partition coefficient (Wildman–Crippen LogP) is 4.65. The van der Waals surface area contributed by atoms with E-state index in [0.29, 0.717) is 28.0 Å². The molecule has 2 aromatic heterocycles. The fraction of sp³-hybridized carbons (Fsp3) is 0.143. The van der Waals surface area contributed by atoms with Gasteiger partial charge >= 0.3 is 0 Å². The first-order valence-corrected chi connectivity index (χ1v) is 10.8. The summed E-state index contributed by atoms with van der Waals surface area (Å²) in [7, 11) is 1.62. The summed E-state index contributed by atoms with van der Waals surface area (Å²) in [6, 6.07) is 15.5. The van der Waals surface area contributed by atoms with Gasteiger partial charge in [-0.2, -0.15) is 0 Å². The maximum atomic E-state index is 12.7. The van der Waals surface area contributed by atoms with E-state index < -0.39 is 0 Å². The van der Waals surface area contributed by atoms with Crippen LogP contribution in [0.2, 0.25) is 0 Å². The van der Waals surface area contributed by atoms with E-state index in [9.17, 15) is 4.79 Å². The molecule has 1 amide bonds. The van der Waals surface area contributed by atoms with Gasteiger partial charge in [-0.3, -0.25) is 4.79 Å². The summed E-state index contributed by atoms with van der Waals surface area (Å²) < 4.78 is 9.23. The van der Waals surface area contributed by atoms with E-state index >= 15 is 0 Å². The topological polar surface area (TPSA) is 89.0 Å². The Morgan fingerprint density at radius 2 is 1.93 bits per heavy atom. The predicted molar refractivity (Wildman–Crippen MR) is 120 cm³/mol. The molecule has 4 rings (SSSR count). The van der Waals surface area contributed by atoms with E-state index in [2.05, 4.69) is 25.2 Å². The van der Waals surface area contributed by atoms with Crippen LogP contribution in [0.3, 0.4) is 0 Å². The number of benzene rings is 2. The second kappa shape index (κ2) is 9.02. The Morgan fingerprint density at radius 3 is 2.67 bits per heavy atom. The summed E-state index contributed by atoms with van der Waals surface area (Å²) in [5.74, 6) is 0.569. The van der Waals surface area contributed by atoms with Gasteiger partial charge < -0.3 is 15.4 Å². The number of amides is 1. The molecule has 0 atom stereocenters. The Kier molecular flexibility index (Phi) is 6.01. The van der Waals surface area contributed by atoms with Gasteiger partial charge in [-0.05, 0) is 36.2 Å². The molecular formula is C21H19N5O2S2. The fourth-order valence-corrected chi connectivity index (χ4v) is 4.23. The molecule has 0 fully saturated rings. The first-order chi connectivity index (χ1) is 14.6. The molecule has 0 saturated carbocycles. The van der Waals surface area contributed by atoms with E-state index in [-0.39, 0.29) is 5.91 Å². The molecular weight excluding hydrogens is 418 g/mol. The van der Waals surface area contributed by atoms with Gasteiger partial charge in [0.1, 0.15) is 16.3 Å². The highest BCUT2D eigenvalue weighted by Gasteiger charge is 2.16. The number of carbonyl (C=O) groups excluding carboxylic acids is 1. The number of methoxy groups -OCH3 is 1. The second-order valence-electron chi connectivity index (χ2n) is 6.43. The van der Waals surface area contributed by atoms with Crippen LogP contribution in [0.25, 0.3) is 11.3 Å². The van der Waals surface area contributed by atoms with Crippen LogP contribution in [0.5, 0.6) is 5.75 Å². The molecule has 7 nitrogen and oxygen atoms in total. The number of aryl methyl sites for hydroxylation is 1. The average Bonchev–Trinajstić information content (AvgIpc) is 3.43. The molecule has 2 aromatic carbocycles. The van der Waals surface area contributed by atoms with Crippen LogP contribution in [-0.2, 0) is 6.54 Å². The van der Waals surface area contributed by atoms with Gasteiger partial charge in [-0.25, -0.2) is 4.98 Å². The standard InChI is InChI=1S/C21H19N5O2S2/c1-13-19(30-21(23-13)24-16-5-3-4-6-18(16)28-2)20(27)22-11-14-7-9-15(10-8-14)17-12-29-26-25-17/h3-10,12H,11H2,1-2H3,(H,22,27)(H,23,24). The van der Waals surface area contributed by atoms with Crippen molar-refractivity contribution in [2.45, 2.75) is 13.5 Å². The number of nitrogens with one attached hydrogen (secondary N) is 2. The highest BCUT2D eigenvalue weighted by molar-refractivity contribution is 7.17. The van der Waals surface area contributed by atoms with E-state index in [0.717, 1.165) is 22.5 Å². The van der Waals surface area contributed by atoms with Crippen LogP contribution >= 0.6 is 22.9 Å². The van der Waals surface area contributed by atoms with Gasteiger partial charge in [0.15, 0.2) is 5.13 Å². The summed E-state index contributed by atoms with van der Waals surface area (Å²) in [5.41, 5.74) is 4.34. The highest BCUT2D eigenvalue weighted by Crippen LogP contribution is 2.30. The SMILES string of the molecule is COc1ccccc1Nc1nc(C)c(C(=O)NCc2ccc(-c3csnn3)cc2)s1. The number of anilines is 2. The number of carbonyl (C=O) groups is 1. The number of aromatic nitrogens is 3. The molecule has 9 heteroatoms. The number of para-hydroxylation sites is 2. The third kappa shape index (κ3) is 4.47. The van der Waals surface area contributed by atoms with Crippen molar-refractivity contribution in [1.82, 2.24) is 19.9 Å². The van der Waals surface area contributed by atoms with Gasteiger partial charge in [0.25, 0.3) is 5.91 Å². The van der Waals surface area contributed by atoms with Gasteiger partial charge in [0.2, 0.25) is 0 Å². The monoisotopic (exact) mass is 437 g/mol. The highest BCUT2D eigenvalue weighted by atomic mass is 32.1. The number of ether oxygens (including phenoxy) is 1. The summed E-state index contributed by atoms with van der Waals surface area (Å²) >= 11 is 2.63. The lowest BCUT2D eigenvalue weighted by atomic mass is 10.1. The number of hydrogen-bond acceptors (Lipinski definition) is 8. The minimum atomic E-state index is -0.147. The smallest absolute Gasteiger partial charge is 0.263 e. The van der Waals surface area contributed by atoms with Crippen molar-refractivity contribution in [2.75, 3.05) is 12.4 Å². The van der Waals surface area contributed by atoms with Crippen molar-refractivity contribution in [1.29, 1.82) is 0 Å². The van der Waals surface area contributed by atoms with Crippen LogP contribution in [0.1, 0.15) is 20.9 Å². The van der Waals surface area contributed by atoms with Gasteiger partial charge in [0, 0.05) is 17.5 Å². The summed E-state index contributed by atoms with van der Waals surface area (Å²) in [6.07, 6.45) is 0. The quantitative estimate of drug-likeness (QED) is 0.437. The second-order valence-corrected chi connectivity index (χ2v) is 8.04. The molecule has 30 heavy (non-hydrogen) atoms. The zero-order chi connectivity index (χ0) is 20.9. The first kappa shape index (κ1) is 20.0. The van der Waals surface area contributed by atoms with E-state index in [1.54, 1.807) is 7.11 Å². The summed E-state index contributed by atoms with van der Waals surface area (Å²) in [5, 5.41) is 12.8. The lowest BCUT2D eigenvalue weighted by Crippen LogP contribution is -2.22. The minimum absolute atomic E-state index is 0.147. The minimum Gasteiger partial charge on any atom is -0.495 e. The summed E-state index contributed by atoms with van der Waals surface area (Å²) in [6.45, 7) is 2.26. The molecule has 0 saturated heterocycles. The van der Waals surface area contributed by atoms with Crippen LogP contribution in [-0.4, -0.2) is 27.6 Å². The van der Waals surface area contributed by atoms with E-state index in [1.165, 1.54) is 22.9 Å². The van der Waals surface area contributed by atoms with Gasteiger partial charge in [-0.15, -0.1) is 5.10 Å². The zero-order valence-electron chi connectivity index (χ0n) is 16.4. The van der Waals surface area contributed by atoms with Crippen molar-refractivity contribution >= 4 is 39.6 Å². The van der Waals surface area contributed by atoms with Crippen LogP contribution in [0.4, 0.5) is 10.8 Å². The molecule has 0 unspecified atom stereocenters. The van der Waals surface area contributed by atoms with Crippen LogP contribution in [0, 0.1) is 6.92 Å². The largest absolute Gasteiger partial charge is 0.495 e. The molecule has 0 radical (unpaired) electrons. The van der Waals surface area contributed by atoms with Crippen molar-refractivity contribution in [3.63, 3.8) is 0 Å². The number of hydrogen-bond donors (Lipinski definition) is 2. The third-order valence-corrected chi connectivity index (χ3v) is 5.99. The lowest BCUT2D eigenvalue weighted by Gasteiger charge is -2.08. The summed E-state index contributed by atoms with van der Waals surface area (Å²) in [4.78, 5) is 17.7. The molecule has 0 aliphatic heterocycles. The number of nitrogens with zero attached hydrogens (tertiary/aromatic N) is 3. The maximum Gasteiger partial charge on any atom is 0.263 e. The van der Waals surface area contributed by atoms with E-state index in [4.69, 9.17) is 4.74 Å². The normalized spacial score (nSPS) is 10.6. The van der Waals surface area contributed by atoms with Crippen LogP contribution < -0.4 is 15.4 Å². The number of rotatable bonds is 7. The fourth-order valence-electron chi connectivity index (χ4n) is 2.87.